The number of halogens is 3. The van der Waals surface area contributed by atoms with Crippen LogP contribution in [-0.4, -0.2) is 35.3 Å². The lowest BCUT2D eigenvalue weighted by Gasteiger charge is -2.31. The molecule has 1 heterocycles. The Morgan fingerprint density at radius 1 is 1.33 bits per heavy atom. The van der Waals surface area contributed by atoms with Crippen LogP contribution in [0.15, 0.2) is 4.99 Å². The van der Waals surface area contributed by atoms with Crippen LogP contribution in [0.25, 0.3) is 0 Å². The summed E-state index contributed by atoms with van der Waals surface area (Å²) in [6, 6.07) is 0. The first-order valence-corrected chi connectivity index (χ1v) is 8.08. The molecule has 18 heavy (non-hydrogen) atoms. The molecule has 1 aliphatic heterocycles. The zero-order valence-corrected chi connectivity index (χ0v) is 11.7. The van der Waals surface area contributed by atoms with Crippen LogP contribution in [0.1, 0.15) is 25.7 Å². The predicted octanol–water partition coefficient (Wildman–Crippen LogP) is 3.49. The number of nitrogens with one attached hydrogen (secondary N) is 1. The predicted molar refractivity (Wildman–Crippen MR) is 72.2 cm³/mol. The Labute approximate surface area is 114 Å². The summed E-state index contributed by atoms with van der Waals surface area (Å²) < 4.78 is 35.8. The van der Waals surface area contributed by atoms with Crippen LogP contribution in [0, 0.1) is 5.41 Å². The van der Waals surface area contributed by atoms with Crippen molar-refractivity contribution in [2.45, 2.75) is 31.2 Å². The molecule has 1 saturated carbocycles. The summed E-state index contributed by atoms with van der Waals surface area (Å²) in [5.41, 5.74) is -3.74. The lowest BCUT2D eigenvalue weighted by atomic mass is 9.89. The SMILES string of the molecule is FC(F)(F)SCCNC1=NCC2(CCCC2)CS1. The number of hydrogen-bond donors (Lipinski definition) is 1. The Morgan fingerprint density at radius 2 is 2.06 bits per heavy atom. The van der Waals surface area contributed by atoms with E-state index < -0.39 is 5.51 Å². The van der Waals surface area contributed by atoms with Crippen molar-refractivity contribution in [3.8, 4) is 0 Å². The van der Waals surface area contributed by atoms with Gasteiger partial charge in [-0.15, -0.1) is 0 Å². The van der Waals surface area contributed by atoms with Gasteiger partial charge in [-0.1, -0.05) is 24.6 Å². The van der Waals surface area contributed by atoms with Gasteiger partial charge in [0.05, 0.1) is 0 Å². The number of thioether (sulfide) groups is 2. The molecule has 2 nitrogen and oxygen atoms in total. The number of rotatable bonds is 3. The minimum atomic E-state index is -4.13. The van der Waals surface area contributed by atoms with Crippen molar-refractivity contribution in [2.24, 2.45) is 10.4 Å². The van der Waals surface area contributed by atoms with E-state index in [2.05, 4.69) is 10.3 Å². The van der Waals surface area contributed by atoms with Crippen molar-refractivity contribution in [2.75, 3.05) is 24.6 Å². The van der Waals surface area contributed by atoms with Gasteiger partial charge in [-0.2, -0.15) is 13.2 Å². The molecule has 2 aliphatic rings. The number of amidine groups is 1. The van der Waals surface area contributed by atoms with Crippen LogP contribution in [0.4, 0.5) is 13.2 Å². The average molecular weight is 298 g/mol. The van der Waals surface area contributed by atoms with Gasteiger partial charge in [-0.3, -0.25) is 4.99 Å². The van der Waals surface area contributed by atoms with Crippen LogP contribution in [-0.2, 0) is 0 Å². The van der Waals surface area contributed by atoms with Crippen molar-refractivity contribution in [1.82, 2.24) is 5.32 Å². The van der Waals surface area contributed by atoms with Crippen LogP contribution in [0.3, 0.4) is 0 Å². The summed E-state index contributed by atoms with van der Waals surface area (Å²) in [6.45, 7) is 1.16. The quantitative estimate of drug-likeness (QED) is 0.807. The maximum Gasteiger partial charge on any atom is 0.441 e. The Bertz CT molecular complexity index is 312. The fraction of sp³-hybridized carbons (Fsp3) is 0.909. The van der Waals surface area contributed by atoms with Crippen molar-refractivity contribution < 1.29 is 13.2 Å². The molecule has 104 valence electrons. The standard InChI is InChI=1S/C11H17F3N2S2/c12-11(13,14)18-6-5-15-9-16-7-10(8-17-9)3-1-2-4-10/h1-8H2,(H,15,16). The molecular weight excluding hydrogens is 281 g/mol. The molecule has 0 unspecified atom stereocenters. The maximum absolute atomic E-state index is 11.9. The molecule has 0 aromatic heterocycles. The van der Waals surface area contributed by atoms with Gasteiger partial charge in [0.1, 0.15) is 0 Å². The second kappa shape index (κ2) is 5.94. The Kier molecular flexibility index (Phi) is 4.75. The first kappa shape index (κ1) is 14.4. The Morgan fingerprint density at radius 3 is 2.61 bits per heavy atom. The monoisotopic (exact) mass is 298 g/mol. The number of aliphatic imine (C=N–C) groups is 1. The van der Waals surface area contributed by atoms with Crippen LogP contribution in [0.5, 0.6) is 0 Å². The Balaban J connectivity index is 1.67. The number of nitrogens with zero attached hydrogens (tertiary/aromatic N) is 1. The average Bonchev–Trinajstić information content (AvgIpc) is 2.75. The summed E-state index contributed by atoms with van der Waals surface area (Å²) in [5.74, 6) is 1.10. The van der Waals surface area contributed by atoms with Gasteiger partial charge in [-0.25, -0.2) is 0 Å². The highest BCUT2D eigenvalue weighted by atomic mass is 32.2. The van der Waals surface area contributed by atoms with E-state index in [1.807, 2.05) is 0 Å². The van der Waals surface area contributed by atoms with E-state index >= 15 is 0 Å². The van der Waals surface area contributed by atoms with Crippen LogP contribution >= 0.6 is 23.5 Å². The lowest BCUT2D eigenvalue weighted by molar-refractivity contribution is -0.0327. The third kappa shape index (κ3) is 4.26. The second-order valence-corrected chi connectivity index (χ2v) is 6.96. The molecule has 0 amide bonds. The Hall–Kier alpha value is -0.0400. The highest BCUT2D eigenvalue weighted by Gasteiger charge is 2.36. The van der Waals surface area contributed by atoms with Gasteiger partial charge < -0.3 is 5.32 Å². The summed E-state index contributed by atoms with van der Waals surface area (Å²) in [7, 11) is 0. The fourth-order valence-electron chi connectivity index (χ4n) is 2.41. The fourth-order valence-corrected chi connectivity index (χ4v) is 4.03. The van der Waals surface area contributed by atoms with Gasteiger partial charge in [0.15, 0.2) is 5.17 Å². The molecule has 1 aliphatic carbocycles. The molecule has 0 atom stereocenters. The molecule has 0 bridgehead atoms. The van der Waals surface area contributed by atoms with Crippen molar-refractivity contribution in [3.05, 3.63) is 0 Å². The molecule has 2 rings (SSSR count). The largest absolute Gasteiger partial charge is 0.441 e. The normalized spacial score (nSPS) is 23.2. The minimum absolute atomic E-state index is 0.0142. The van der Waals surface area contributed by atoms with Gasteiger partial charge >= 0.3 is 5.51 Å². The van der Waals surface area contributed by atoms with E-state index in [4.69, 9.17) is 0 Å². The molecule has 0 aromatic carbocycles. The molecule has 1 N–H and O–H groups in total. The summed E-state index contributed by atoms with van der Waals surface area (Å²) in [6.07, 6.45) is 5.09. The smallest absolute Gasteiger partial charge is 0.364 e. The number of hydrogen-bond acceptors (Lipinski definition) is 4. The summed E-state index contributed by atoms with van der Waals surface area (Å²) in [4.78, 5) is 4.48. The second-order valence-electron chi connectivity index (χ2n) is 4.84. The van der Waals surface area contributed by atoms with Crippen LogP contribution in [0.2, 0.25) is 0 Å². The van der Waals surface area contributed by atoms with E-state index in [-0.39, 0.29) is 17.5 Å². The van der Waals surface area contributed by atoms with E-state index in [1.165, 1.54) is 25.7 Å². The van der Waals surface area contributed by atoms with Gasteiger partial charge in [0.2, 0.25) is 0 Å². The third-order valence-electron chi connectivity index (χ3n) is 3.38. The molecule has 7 heteroatoms. The maximum atomic E-state index is 11.9. The summed E-state index contributed by atoms with van der Waals surface area (Å²) >= 11 is 1.68. The van der Waals surface area contributed by atoms with Gasteiger partial charge in [0, 0.05) is 24.6 Å². The van der Waals surface area contributed by atoms with E-state index in [9.17, 15) is 13.2 Å². The lowest BCUT2D eigenvalue weighted by Crippen LogP contribution is -2.34. The number of alkyl halides is 3. The van der Waals surface area contributed by atoms with Crippen molar-refractivity contribution >= 4 is 28.7 Å². The van der Waals surface area contributed by atoms with Crippen molar-refractivity contribution in [1.29, 1.82) is 0 Å². The molecule has 0 saturated heterocycles. The van der Waals surface area contributed by atoms with Gasteiger partial charge in [-0.05, 0) is 30.0 Å². The highest BCUT2D eigenvalue weighted by Crippen LogP contribution is 2.43. The minimum Gasteiger partial charge on any atom is -0.364 e. The summed E-state index contributed by atoms with van der Waals surface area (Å²) in [5, 5.41) is 3.81. The highest BCUT2D eigenvalue weighted by molar-refractivity contribution is 8.13. The molecular formula is C11H17F3N2S2. The molecule has 1 fully saturated rings. The molecule has 1 spiro atoms. The van der Waals surface area contributed by atoms with E-state index in [1.54, 1.807) is 11.8 Å². The zero-order chi connectivity index (χ0) is 13.1. The third-order valence-corrected chi connectivity index (χ3v) is 5.42. The van der Waals surface area contributed by atoms with Gasteiger partial charge in [0.25, 0.3) is 0 Å². The topological polar surface area (TPSA) is 24.4 Å². The van der Waals surface area contributed by atoms with E-state index in [0.29, 0.717) is 12.0 Å². The molecule has 0 radical (unpaired) electrons. The van der Waals surface area contributed by atoms with Crippen LogP contribution < -0.4 is 5.32 Å². The first-order valence-electron chi connectivity index (χ1n) is 6.11. The molecule has 0 aromatic rings. The van der Waals surface area contributed by atoms with Crippen molar-refractivity contribution in [3.63, 3.8) is 0 Å². The van der Waals surface area contributed by atoms with E-state index in [0.717, 1.165) is 17.5 Å². The zero-order valence-electron chi connectivity index (χ0n) is 10.1. The first-order chi connectivity index (χ1) is 8.49.